The van der Waals surface area contributed by atoms with Gasteiger partial charge in [-0.05, 0) is 31.0 Å². The average molecular weight is 401 g/mol. The van der Waals surface area contributed by atoms with Gasteiger partial charge in [-0.1, -0.05) is 18.2 Å². The van der Waals surface area contributed by atoms with E-state index in [-0.39, 0.29) is 0 Å². The van der Waals surface area contributed by atoms with E-state index in [9.17, 15) is 30.7 Å². The van der Waals surface area contributed by atoms with Gasteiger partial charge in [-0.25, -0.2) is 17.6 Å². The molecule has 0 amide bonds. The van der Waals surface area contributed by atoms with E-state index in [1.54, 1.807) is 25.1 Å². The van der Waals surface area contributed by atoms with Gasteiger partial charge in [0, 0.05) is 35.0 Å². The van der Waals surface area contributed by atoms with Crippen LogP contribution in [-0.4, -0.2) is 11.2 Å². The van der Waals surface area contributed by atoms with Crippen LogP contribution >= 0.6 is 0 Å². The molecule has 3 rings (SSSR count). The molecular formula is C20H14F7N. The van der Waals surface area contributed by atoms with Crippen LogP contribution < -0.4 is 0 Å². The van der Waals surface area contributed by atoms with Crippen molar-refractivity contribution in [3.63, 3.8) is 0 Å². The molecule has 3 aromatic rings. The number of fused-ring (bicyclic) bond motifs is 1. The fraction of sp³-hybridized carbons (Fsp3) is 0.250. The predicted octanol–water partition coefficient (Wildman–Crippen LogP) is 6.19. The van der Waals surface area contributed by atoms with E-state index in [1.165, 1.54) is 12.1 Å². The van der Waals surface area contributed by atoms with E-state index in [1.807, 2.05) is 0 Å². The first-order chi connectivity index (χ1) is 13.1. The Labute approximate surface area is 155 Å². The van der Waals surface area contributed by atoms with Crippen molar-refractivity contribution in [2.24, 2.45) is 0 Å². The molecule has 2 aromatic carbocycles. The molecule has 148 valence electrons. The standard InChI is InChI=1S/C20H14F7N/c1-10-2-4-12-5-3-11(9-15(12)28-10)8-14-18(23)16(21)13(17(22)19(14)24)6-7-20(25,26)27/h2-5,9H,6-8H2,1H3. The summed E-state index contributed by atoms with van der Waals surface area (Å²) in [5.74, 6) is -6.97. The van der Waals surface area contributed by atoms with E-state index in [4.69, 9.17) is 0 Å². The van der Waals surface area contributed by atoms with Gasteiger partial charge in [0.15, 0.2) is 23.3 Å². The third-order valence-electron chi connectivity index (χ3n) is 4.38. The fourth-order valence-electron chi connectivity index (χ4n) is 2.94. The van der Waals surface area contributed by atoms with Gasteiger partial charge in [0.2, 0.25) is 0 Å². The van der Waals surface area contributed by atoms with E-state index in [2.05, 4.69) is 4.98 Å². The summed E-state index contributed by atoms with van der Waals surface area (Å²) in [5.41, 5.74) is -0.510. The van der Waals surface area contributed by atoms with Crippen molar-refractivity contribution in [3.05, 3.63) is 76.0 Å². The second kappa shape index (κ2) is 7.41. The quantitative estimate of drug-likeness (QED) is 0.376. The number of alkyl halides is 3. The maximum atomic E-state index is 14.3. The van der Waals surface area contributed by atoms with Gasteiger partial charge in [0.05, 0.1) is 5.52 Å². The minimum Gasteiger partial charge on any atom is -0.253 e. The first kappa shape index (κ1) is 20.1. The Morgan fingerprint density at radius 2 is 1.39 bits per heavy atom. The van der Waals surface area contributed by atoms with Crippen molar-refractivity contribution in [2.75, 3.05) is 0 Å². The van der Waals surface area contributed by atoms with Crippen molar-refractivity contribution in [1.82, 2.24) is 4.98 Å². The normalized spacial score (nSPS) is 12.0. The first-order valence-electron chi connectivity index (χ1n) is 8.33. The molecule has 0 radical (unpaired) electrons. The molecule has 1 nitrogen and oxygen atoms in total. The molecule has 0 aliphatic rings. The molecule has 0 atom stereocenters. The van der Waals surface area contributed by atoms with Crippen LogP contribution in [0.2, 0.25) is 0 Å². The molecule has 0 aliphatic heterocycles. The largest absolute Gasteiger partial charge is 0.389 e. The summed E-state index contributed by atoms with van der Waals surface area (Å²) >= 11 is 0. The molecule has 0 N–H and O–H groups in total. The fourth-order valence-corrected chi connectivity index (χ4v) is 2.94. The van der Waals surface area contributed by atoms with Crippen molar-refractivity contribution in [2.45, 2.75) is 32.4 Å². The number of rotatable bonds is 4. The molecule has 0 saturated carbocycles. The highest BCUT2D eigenvalue weighted by Gasteiger charge is 2.31. The smallest absolute Gasteiger partial charge is 0.253 e. The molecule has 0 fully saturated rings. The second-order valence-corrected chi connectivity index (χ2v) is 6.48. The third-order valence-corrected chi connectivity index (χ3v) is 4.38. The lowest BCUT2D eigenvalue weighted by atomic mass is 9.98. The number of aromatic nitrogens is 1. The Kier molecular flexibility index (Phi) is 5.32. The Balaban J connectivity index is 1.98. The molecule has 0 spiro atoms. The Morgan fingerprint density at radius 3 is 2.00 bits per heavy atom. The molecule has 8 heteroatoms. The van der Waals surface area contributed by atoms with Crippen LogP contribution in [-0.2, 0) is 12.8 Å². The second-order valence-electron chi connectivity index (χ2n) is 6.48. The summed E-state index contributed by atoms with van der Waals surface area (Å²) in [6, 6.07) is 8.31. The number of nitrogens with zero attached hydrogens (tertiary/aromatic N) is 1. The zero-order valence-electron chi connectivity index (χ0n) is 14.6. The monoisotopic (exact) mass is 401 g/mol. The van der Waals surface area contributed by atoms with Crippen molar-refractivity contribution < 1.29 is 30.7 Å². The zero-order valence-corrected chi connectivity index (χ0v) is 14.6. The highest BCUT2D eigenvalue weighted by atomic mass is 19.4. The van der Waals surface area contributed by atoms with E-state index < -0.39 is 59.8 Å². The topological polar surface area (TPSA) is 12.9 Å². The van der Waals surface area contributed by atoms with Crippen LogP contribution in [0.3, 0.4) is 0 Å². The molecule has 0 bridgehead atoms. The van der Waals surface area contributed by atoms with Gasteiger partial charge < -0.3 is 0 Å². The highest BCUT2D eigenvalue weighted by molar-refractivity contribution is 5.79. The van der Waals surface area contributed by atoms with E-state index >= 15 is 0 Å². The molecule has 1 aromatic heterocycles. The average Bonchev–Trinajstić information content (AvgIpc) is 2.62. The number of aryl methyl sites for hydroxylation is 1. The number of pyridine rings is 1. The van der Waals surface area contributed by atoms with Gasteiger partial charge >= 0.3 is 6.18 Å². The van der Waals surface area contributed by atoms with Crippen LogP contribution in [0.5, 0.6) is 0 Å². The first-order valence-corrected chi connectivity index (χ1v) is 8.33. The van der Waals surface area contributed by atoms with Crippen LogP contribution in [0.1, 0.15) is 28.8 Å². The molecule has 0 saturated heterocycles. The molecular weight excluding hydrogens is 387 g/mol. The highest BCUT2D eigenvalue weighted by Crippen LogP contribution is 2.30. The lowest BCUT2D eigenvalue weighted by molar-refractivity contribution is -0.134. The lowest BCUT2D eigenvalue weighted by Crippen LogP contribution is -2.14. The number of benzene rings is 2. The summed E-state index contributed by atoms with van der Waals surface area (Å²) in [6.07, 6.45) is -7.96. The van der Waals surface area contributed by atoms with Crippen molar-refractivity contribution in [1.29, 1.82) is 0 Å². The summed E-state index contributed by atoms with van der Waals surface area (Å²) in [4.78, 5) is 4.28. The minimum absolute atomic E-state index is 0.352. The Hall–Kier alpha value is -2.64. The number of halogens is 7. The SMILES string of the molecule is Cc1ccc2ccc(Cc3c(F)c(F)c(CCC(F)(F)F)c(F)c3F)cc2n1. The summed E-state index contributed by atoms with van der Waals surface area (Å²) in [5, 5.41) is 0.773. The minimum atomic E-state index is -4.71. The lowest BCUT2D eigenvalue weighted by Gasteiger charge is -2.13. The Bertz CT molecular complexity index is 1010. The summed E-state index contributed by atoms with van der Waals surface area (Å²) in [6.45, 7) is 1.76. The number of hydrogen-bond acceptors (Lipinski definition) is 1. The Morgan fingerprint density at radius 1 is 0.821 bits per heavy atom. The van der Waals surface area contributed by atoms with Crippen LogP contribution in [0.4, 0.5) is 30.7 Å². The predicted molar refractivity (Wildman–Crippen MR) is 89.9 cm³/mol. The maximum absolute atomic E-state index is 14.3. The van der Waals surface area contributed by atoms with Crippen LogP contribution in [0.15, 0.2) is 30.3 Å². The third kappa shape index (κ3) is 4.10. The van der Waals surface area contributed by atoms with Crippen molar-refractivity contribution in [3.8, 4) is 0 Å². The summed E-state index contributed by atoms with van der Waals surface area (Å²) < 4.78 is 93.7. The molecule has 0 aliphatic carbocycles. The molecule has 1 heterocycles. The van der Waals surface area contributed by atoms with Gasteiger partial charge in [-0.15, -0.1) is 0 Å². The van der Waals surface area contributed by atoms with Gasteiger partial charge in [-0.2, -0.15) is 13.2 Å². The van der Waals surface area contributed by atoms with Crippen LogP contribution in [0, 0.1) is 30.2 Å². The van der Waals surface area contributed by atoms with Gasteiger partial charge in [0.25, 0.3) is 0 Å². The van der Waals surface area contributed by atoms with Crippen molar-refractivity contribution >= 4 is 10.9 Å². The van der Waals surface area contributed by atoms with E-state index in [0.29, 0.717) is 16.8 Å². The van der Waals surface area contributed by atoms with Gasteiger partial charge in [0.1, 0.15) is 0 Å². The molecule has 28 heavy (non-hydrogen) atoms. The summed E-state index contributed by atoms with van der Waals surface area (Å²) in [7, 11) is 0. The van der Waals surface area contributed by atoms with Crippen LogP contribution in [0.25, 0.3) is 10.9 Å². The maximum Gasteiger partial charge on any atom is 0.389 e. The molecule has 0 unspecified atom stereocenters. The van der Waals surface area contributed by atoms with E-state index in [0.717, 1.165) is 5.39 Å². The van der Waals surface area contributed by atoms with Gasteiger partial charge in [-0.3, -0.25) is 4.98 Å². The zero-order chi connectivity index (χ0) is 20.6. The number of hydrogen-bond donors (Lipinski definition) is 0.